The molecule has 4 heteroatoms. The average Bonchev–Trinajstić information content (AvgIpc) is 2.48. The Bertz CT molecular complexity index is 697. The molecule has 2 rings (SSSR count). The van der Waals surface area contributed by atoms with Crippen LogP contribution in [0.3, 0.4) is 0 Å². The summed E-state index contributed by atoms with van der Waals surface area (Å²) in [5, 5.41) is 3.48. The second-order valence-corrected chi connectivity index (χ2v) is 5.77. The van der Waals surface area contributed by atoms with Gasteiger partial charge in [-0.3, -0.25) is 4.79 Å². The fraction of sp³-hybridized carbons (Fsp3) is 0.278. The van der Waals surface area contributed by atoms with Gasteiger partial charge in [0.2, 0.25) is 0 Å². The highest BCUT2D eigenvalue weighted by Gasteiger charge is 2.17. The molecule has 0 bridgehead atoms. The van der Waals surface area contributed by atoms with Gasteiger partial charge >= 0.3 is 0 Å². The van der Waals surface area contributed by atoms with E-state index >= 15 is 0 Å². The van der Waals surface area contributed by atoms with Gasteiger partial charge in [-0.1, -0.05) is 29.8 Å². The predicted octanol–water partition coefficient (Wildman–Crippen LogP) is 4.67. The van der Waals surface area contributed by atoms with Crippen LogP contribution < -0.4 is 10.1 Å². The normalized spacial score (nSPS) is 11.9. The standard InChI is InChI=1S/C18H20ClNO2/c1-11-7-5-10-17(12(11)2)22-14(4)18(21)20-16-9-6-8-15(19)13(16)3/h5-10,14H,1-4H3,(H,20,21)/t14-/m0/s1. The summed E-state index contributed by atoms with van der Waals surface area (Å²) in [7, 11) is 0. The lowest BCUT2D eigenvalue weighted by Gasteiger charge is -2.18. The number of rotatable bonds is 4. The Kier molecular flexibility index (Phi) is 5.09. The average molecular weight is 318 g/mol. The van der Waals surface area contributed by atoms with E-state index in [0.29, 0.717) is 10.7 Å². The van der Waals surface area contributed by atoms with Crippen LogP contribution >= 0.6 is 11.6 Å². The lowest BCUT2D eigenvalue weighted by atomic mass is 10.1. The summed E-state index contributed by atoms with van der Waals surface area (Å²) in [4.78, 5) is 12.3. The number of ether oxygens (including phenoxy) is 1. The summed E-state index contributed by atoms with van der Waals surface area (Å²) in [6.07, 6.45) is -0.598. The summed E-state index contributed by atoms with van der Waals surface area (Å²) >= 11 is 6.06. The molecule has 1 atom stereocenters. The summed E-state index contributed by atoms with van der Waals surface area (Å²) in [6, 6.07) is 11.2. The molecule has 0 unspecified atom stereocenters. The number of hydrogen-bond acceptors (Lipinski definition) is 2. The van der Waals surface area contributed by atoms with Crippen LogP contribution in [0.2, 0.25) is 5.02 Å². The lowest BCUT2D eigenvalue weighted by Crippen LogP contribution is -2.30. The van der Waals surface area contributed by atoms with E-state index in [1.54, 1.807) is 19.1 Å². The number of nitrogens with one attached hydrogen (secondary N) is 1. The number of anilines is 1. The van der Waals surface area contributed by atoms with Crippen molar-refractivity contribution >= 4 is 23.2 Å². The molecule has 0 radical (unpaired) electrons. The van der Waals surface area contributed by atoms with Crippen molar-refractivity contribution in [2.75, 3.05) is 5.32 Å². The molecular weight excluding hydrogens is 298 g/mol. The first-order valence-corrected chi connectivity index (χ1v) is 7.56. The van der Waals surface area contributed by atoms with Crippen LogP contribution in [0.25, 0.3) is 0 Å². The van der Waals surface area contributed by atoms with E-state index in [9.17, 15) is 4.79 Å². The van der Waals surface area contributed by atoms with Crippen LogP contribution in [0.5, 0.6) is 5.75 Å². The Morgan fingerprint density at radius 1 is 1.09 bits per heavy atom. The molecule has 0 aliphatic rings. The number of halogens is 1. The summed E-state index contributed by atoms with van der Waals surface area (Å²) < 4.78 is 5.79. The van der Waals surface area contributed by atoms with Crippen molar-refractivity contribution in [3.63, 3.8) is 0 Å². The van der Waals surface area contributed by atoms with Crippen LogP contribution in [0.1, 0.15) is 23.6 Å². The molecule has 0 saturated carbocycles. The number of carbonyl (C=O) groups excluding carboxylic acids is 1. The van der Waals surface area contributed by atoms with Crippen molar-refractivity contribution in [1.29, 1.82) is 0 Å². The largest absolute Gasteiger partial charge is 0.481 e. The van der Waals surface area contributed by atoms with Crippen molar-refractivity contribution in [1.82, 2.24) is 0 Å². The van der Waals surface area contributed by atoms with E-state index in [2.05, 4.69) is 5.32 Å². The highest BCUT2D eigenvalue weighted by atomic mass is 35.5. The highest BCUT2D eigenvalue weighted by molar-refractivity contribution is 6.31. The Balaban J connectivity index is 2.09. The molecule has 0 spiro atoms. The van der Waals surface area contributed by atoms with Crippen molar-refractivity contribution < 1.29 is 9.53 Å². The van der Waals surface area contributed by atoms with Crippen LogP contribution in [-0.4, -0.2) is 12.0 Å². The van der Waals surface area contributed by atoms with E-state index in [1.807, 2.05) is 45.0 Å². The Labute approximate surface area is 136 Å². The van der Waals surface area contributed by atoms with Crippen molar-refractivity contribution in [3.05, 3.63) is 58.1 Å². The number of hydrogen-bond donors (Lipinski definition) is 1. The fourth-order valence-corrected chi connectivity index (χ4v) is 2.25. The van der Waals surface area contributed by atoms with Gasteiger partial charge in [0.05, 0.1) is 0 Å². The van der Waals surface area contributed by atoms with Crippen molar-refractivity contribution in [2.45, 2.75) is 33.8 Å². The van der Waals surface area contributed by atoms with Gasteiger partial charge in [-0.25, -0.2) is 0 Å². The third-order valence-electron chi connectivity index (χ3n) is 3.75. The zero-order valence-corrected chi connectivity index (χ0v) is 14.0. The van der Waals surface area contributed by atoms with Gasteiger partial charge in [0.15, 0.2) is 6.10 Å². The minimum absolute atomic E-state index is 0.203. The maximum atomic E-state index is 12.3. The zero-order chi connectivity index (χ0) is 16.3. The molecule has 0 aliphatic carbocycles. The molecular formula is C18H20ClNO2. The van der Waals surface area contributed by atoms with Crippen molar-refractivity contribution in [2.24, 2.45) is 0 Å². The first-order valence-electron chi connectivity index (χ1n) is 7.19. The molecule has 2 aromatic carbocycles. The van der Waals surface area contributed by atoms with Crippen LogP contribution in [0.15, 0.2) is 36.4 Å². The van der Waals surface area contributed by atoms with E-state index in [-0.39, 0.29) is 5.91 Å². The first kappa shape index (κ1) is 16.4. The third kappa shape index (κ3) is 3.60. The Morgan fingerprint density at radius 3 is 2.50 bits per heavy atom. The van der Waals surface area contributed by atoms with Gasteiger partial charge < -0.3 is 10.1 Å². The van der Waals surface area contributed by atoms with Crippen LogP contribution in [-0.2, 0) is 4.79 Å². The van der Waals surface area contributed by atoms with E-state index < -0.39 is 6.10 Å². The van der Waals surface area contributed by atoms with E-state index in [4.69, 9.17) is 16.3 Å². The maximum absolute atomic E-state index is 12.3. The third-order valence-corrected chi connectivity index (χ3v) is 4.16. The zero-order valence-electron chi connectivity index (χ0n) is 13.2. The van der Waals surface area contributed by atoms with Gasteiger partial charge in [-0.05, 0) is 62.6 Å². The number of amides is 1. The SMILES string of the molecule is Cc1cccc(O[C@@H](C)C(=O)Nc2cccc(Cl)c2C)c1C. The van der Waals surface area contributed by atoms with Gasteiger partial charge in [0, 0.05) is 10.7 Å². The topological polar surface area (TPSA) is 38.3 Å². The predicted molar refractivity (Wildman–Crippen MR) is 90.8 cm³/mol. The molecule has 0 fully saturated rings. The summed E-state index contributed by atoms with van der Waals surface area (Å²) in [5.41, 5.74) is 3.72. The Morgan fingerprint density at radius 2 is 1.77 bits per heavy atom. The van der Waals surface area contributed by atoms with Gasteiger partial charge in [0.25, 0.3) is 5.91 Å². The van der Waals surface area contributed by atoms with Crippen LogP contribution in [0, 0.1) is 20.8 Å². The van der Waals surface area contributed by atoms with Gasteiger partial charge in [-0.15, -0.1) is 0 Å². The molecule has 0 saturated heterocycles. The first-order chi connectivity index (χ1) is 10.4. The molecule has 1 amide bonds. The maximum Gasteiger partial charge on any atom is 0.265 e. The quantitative estimate of drug-likeness (QED) is 0.889. The molecule has 116 valence electrons. The molecule has 2 aromatic rings. The minimum atomic E-state index is -0.598. The van der Waals surface area contributed by atoms with E-state index in [0.717, 1.165) is 22.4 Å². The minimum Gasteiger partial charge on any atom is -0.481 e. The number of carbonyl (C=O) groups is 1. The second kappa shape index (κ2) is 6.84. The lowest BCUT2D eigenvalue weighted by molar-refractivity contribution is -0.122. The van der Waals surface area contributed by atoms with Gasteiger partial charge in [0.1, 0.15) is 5.75 Å². The highest BCUT2D eigenvalue weighted by Crippen LogP contribution is 2.24. The molecule has 22 heavy (non-hydrogen) atoms. The molecule has 1 N–H and O–H groups in total. The smallest absolute Gasteiger partial charge is 0.265 e. The summed E-state index contributed by atoms with van der Waals surface area (Å²) in [5.74, 6) is 0.525. The summed E-state index contributed by atoms with van der Waals surface area (Å²) in [6.45, 7) is 7.60. The number of benzene rings is 2. The van der Waals surface area contributed by atoms with Crippen molar-refractivity contribution in [3.8, 4) is 5.75 Å². The second-order valence-electron chi connectivity index (χ2n) is 5.36. The molecule has 3 nitrogen and oxygen atoms in total. The molecule has 0 aromatic heterocycles. The monoisotopic (exact) mass is 317 g/mol. The van der Waals surface area contributed by atoms with E-state index in [1.165, 1.54) is 0 Å². The van der Waals surface area contributed by atoms with Gasteiger partial charge in [-0.2, -0.15) is 0 Å². The molecule has 0 aliphatic heterocycles. The Hall–Kier alpha value is -2.00. The van der Waals surface area contributed by atoms with Crippen LogP contribution in [0.4, 0.5) is 5.69 Å². The molecule has 0 heterocycles. The number of aryl methyl sites for hydroxylation is 1. The fourth-order valence-electron chi connectivity index (χ4n) is 2.07.